The third-order valence-electron chi connectivity index (χ3n) is 6.64. The van der Waals surface area contributed by atoms with E-state index in [9.17, 15) is 0 Å². The molecule has 3 heterocycles. The fourth-order valence-electron chi connectivity index (χ4n) is 5.54. The Balaban J connectivity index is 1.58. The molecular formula is C25H19NO. The molecule has 7 rings (SSSR count). The van der Waals surface area contributed by atoms with Crippen LogP contribution in [-0.4, -0.2) is 4.57 Å². The van der Waals surface area contributed by atoms with Crippen LogP contribution in [0, 0.1) is 6.92 Å². The summed E-state index contributed by atoms with van der Waals surface area (Å²) in [5.41, 5.74) is 8.04. The molecule has 2 unspecified atom stereocenters. The van der Waals surface area contributed by atoms with Crippen molar-refractivity contribution in [1.82, 2.24) is 4.57 Å². The summed E-state index contributed by atoms with van der Waals surface area (Å²) in [4.78, 5) is 0. The van der Waals surface area contributed by atoms with Crippen molar-refractivity contribution >= 4 is 34.0 Å². The first-order valence-electron chi connectivity index (χ1n) is 9.85. The first kappa shape index (κ1) is 14.1. The summed E-state index contributed by atoms with van der Waals surface area (Å²) in [6.45, 7) is 2.18. The third kappa shape index (κ3) is 1.58. The Morgan fingerprint density at radius 1 is 1.04 bits per heavy atom. The number of hydrogen-bond acceptors (Lipinski definition) is 1. The zero-order chi connectivity index (χ0) is 17.7. The monoisotopic (exact) mass is 349 g/mol. The van der Waals surface area contributed by atoms with Crippen molar-refractivity contribution in [1.29, 1.82) is 0 Å². The molecule has 0 saturated carbocycles. The zero-order valence-corrected chi connectivity index (χ0v) is 15.2. The van der Waals surface area contributed by atoms with Crippen molar-refractivity contribution in [2.75, 3.05) is 0 Å². The fraction of sp³-hybridized carbons (Fsp3) is 0.200. The molecule has 2 aliphatic carbocycles. The molecule has 130 valence electrons. The van der Waals surface area contributed by atoms with Crippen molar-refractivity contribution in [3.8, 4) is 0 Å². The number of rotatable bonds is 0. The predicted molar refractivity (Wildman–Crippen MR) is 110 cm³/mol. The molecule has 3 aliphatic rings. The molecule has 0 spiro atoms. The maximum absolute atomic E-state index is 6.49. The molecule has 2 heteroatoms. The highest BCUT2D eigenvalue weighted by molar-refractivity contribution is 6.10. The highest BCUT2D eigenvalue weighted by atomic mass is 16.3. The number of benzene rings is 2. The van der Waals surface area contributed by atoms with Gasteiger partial charge in [-0.1, -0.05) is 54.1 Å². The van der Waals surface area contributed by atoms with Gasteiger partial charge in [0.1, 0.15) is 11.5 Å². The van der Waals surface area contributed by atoms with Crippen LogP contribution in [0.1, 0.15) is 52.2 Å². The second kappa shape index (κ2) is 4.64. The normalized spacial score (nSPS) is 21.7. The first-order chi connectivity index (χ1) is 13.3. The van der Waals surface area contributed by atoms with Gasteiger partial charge in [0.25, 0.3) is 0 Å². The van der Waals surface area contributed by atoms with Crippen LogP contribution in [-0.2, 0) is 6.42 Å². The molecule has 1 aliphatic heterocycles. The summed E-state index contributed by atoms with van der Waals surface area (Å²) < 4.78 is 9.03. The van der Waals surface area contributed by atoms with Gasteiger partial charge in [-0.3, -0.25) is 0 Å². The van der Waals surface area contributed by atoms with Gasteiger partial charge >= 0.3 is 0 Å². The van der Waals surface area contributed by atoms with Crippen LogP contribution < -0.4 is 0 Å². The van der Waals surface area contributed by atoms with Crippen molar-refractivity contribution in [2.24, 2.45) is 0 Å². The quantitative estimate of drug-likeness (QED) is 0.361. The lowest BCUT2D eigenvalue weighted by Crippen LogP contribution is -2.13. The lowest BCUT2D eigenvalue weighted by molar-refractivity contribution is 0.420. The van der Waals surface area contributed by atoms with E-state index >= 15 is 0 Å². The average molecular weight is 349 g/mol. The minimum Gasteiger partial charge on any atom is -0.464 e. The Kier molecular flexibility index (Phi) is 2.42. The van der Waals surface area contributed by atoms with E-state index in [4.69, 9.17) is 4.42 Å². The maximum atomic E-state index is 6.49. The number of aromatic nitrogens is 1. The molecule has 0 fully saturated rings. The molecule has 0 bridgehead atoms. The topological polar surface area (TPSA) is 18.1 Å². The van der Waals surface area contributed by atoms with E-state index in [1.165, 1.54) is 44.1 Å². The SMILES string of the molecule is Cc1ccc2c(c1)c1cccc3c1n2C1C=Cc2c(oc4c2C=CCC4)C31. The van der Waals surface area contributed by atoms with E-state index < -0.39 is 0 Å². The van der Waals surface area contributed by atoms with Crippen LogP contribution in [0.5, 0.6) is 0 Å². The van der Waals surface area contributed by atoms with Gasteiger partial charge in [0, 0.05) is 33.8 Å². The Bertz CT molecular complexity index is 1340. The van der Waals surface area contributed by atoms with Crippen LogP contribution in [0.4, 0.5) is 0 Å². The highest BCUT2D eigenvalue weighted by Crippen LogP contribution is 2.54. The van der Waals surface area contributed by atoms with Crippen molar-refractivity contribution in [3.63, 3.8) is 0 Å². The number of nitrogens with zero attached hydrogens (tertiary/aromatic N) is 1. The first-order valence-corrected chi connectivity index (χ1v) is 9.85. The molecule has 2 aromatic heterocycles. The van der Waals surface area contributed by atoms with Crippen molar-refractivity contribution < 1.29 is 4.42 Å². The van der Waals surface area contributed by atoms with E-state index in [0.717, 1.165) is 24.4 Å². The van der Waals surface area contributed by atoms with Crippen LogP contribution in [0.25, 0.3) is 34.0 Å². The molecule has 2 atom stereocenters. The van der Waals surface area contributed by atoms with Gasteiger partial charge in [-0.25, -0.2) is 0 Å². The molecule has 27 heavy (non-hydrogen) atoms. The van der Waals surface area contributed by atoms with Crippen LogP contribution in [0.3, 0.4) is 0 Å². The minimum absolute atomic E-state index is 0.286. The van der Waals surface area contributed by atoms with Crippen molar-refractivity contribution in [3.05, 3.63) is 82.3 Å². The van der Waals surface area contributed by atoms with Crippen molar-refractivity contribution in [2.45, 2.75) is 31.7 Å². The lowest BCUT2D eigenvalue weighted by atomic mass is 9.84. The summed E-state index contributed by atoms with van der Waals surface area (Å²) in [5, 5.41) is 2.73. The molecular weight excluding hydrogens is 330 g/mol. The molecule has 0 radical (unpaired) electrons. The molecule has 0 N–H and O–H groups in total. The lowest BCUT2D eigenvalue weighted by Gasteiger charge is -2.23. The molecule has 0 amide bonds. The number of aryl methyl sites for hydroxylation is 2. The number of fused-ring (bicyclic) bond motifs is 10. The zero-order valence-electron chi connectivity index (χ0n) is 15.2. The number of allylic oxidation sites excluding steroid dienone is 2. The predicted octanol–water partition coefficient (Wildman–Crippen LogP) is 6.37. The number of furan rings is 1. The van der Waals surface area contributed by atoms with Gasteiger partial charge in [0.2, 0.25) is 0 Å². The van der Waals surface area contributed by atoms with E-state index in [0.29, 0.717) is 6.04 Å². The van der Waals surface area contributed by atoms with E-state index in [1.807, 2.05) is 0 Å². The number of hydrogen-bond donors (Lipinski definition) is 0. The van der Waals surface area contributed by atoms with Gasteiger partial charge < -0.3 is 8.98 Å². The Morgan fingerprint density at radius 2 is 2.00 bits per heavy atom. The molecule has 0 saturated heterocycles. The van der Waals surface area contributed by atoms with E-state index in [2.05, 4.69) is 72.2 Å². The maximum Gasteiger partial charge on any atom is 0.121 e. The summed E-state index contributed by atoms with van der Waals surface area (Å²) in [6.07, 6.45) is 11.3. The number of para-hydroxylation sites is 1. The standard InChI is InChI=1S/C25H19NO/c1-14-9-11-20-19(13-14)16-6-4-7-18-23-21(26(20)24(16)18)12-10-17-15-5-2-3-8-22(15)27-25(17)23/h2,4-7,9-13,21,23H,3,8H2,1H3. The van der Waals surface area contributed by atoms with E-state index in [1.54, 1.807) is 0 Å². The largest absolute Gasteiger partial charge is 0.464 e. The van der Waals surface area contributed by atoms with Gasteiger partial charge in [0.05, 0.1) is 17.5 Å². The average Bonchev–Trinajstić information content (AvgIpc) is 3.33. The Morgan fingerprint density at radius 3 is 2.96 bits per heavy atom. The second-order valence-corrected chi connectivity index (χ2v) is 8.12. The molecule has 4 aromatic rings. The fourth-order valence-corrected chi connectivity index (χ4v) is 5.54. The summed E-state index contributed by atoms with van der Waals surface area (Å²) >= 11 is 0. The summed E-state index contributed by atoms with van der Waals surface area (Å²) in [7, 11) is 0. The Labute approximate surface area is 157 Å². The Hall–Kier alpha value is -3.00. The highest BCUT2D eigenvalue weighted by Gasteiger charge is 2.41. The second-order valence-electron chi connectivity index (χ2n) is 8.12. The van der Waals surface area contributed by atoms with Gasteiger partial charge in [-0.15, -0.1) is 0 Å². The van der Waals surface area contributed by atoms with Crippen LogP contribution in [0.15, 0.2) is 53.0 Å². The molecule has 2 aromatic carbocycles. The smallest absolute Gasteiger partial charge is 0.121 e. The van der Waals surface area contributed by atoms with Gasteiger partial charge in [-0.05, 0) is 31.0 Å². The summed E-state index contributed by atoms with van der Waals surface area (Å²) in [5.74, 6) is 2.61. The third-order valence-corrected chi connectivity index (χ3v) is 6.64. The minimum atomic E-state index is 0.286. The van der Waals surface area contributed by atoms with Gasteiger partial charge in [0.15, 0.2) is 0 Å². The van der Waals surface area contributed by atoms with Gasteiger partial charge in [-0.2, -0.15) is 0 Å². The molecule has 2 nitrogen and oxygen atoms in total. The van der Waals surface area contributed by atoms with Crippen LogP contribution >= 0.6 is 0 Å². The summed E-state index contributed by atoms with van der Waals surface area (Å²) in [6, 6.07) is 13.9. The van der Waals surface area contributed by atoms with E-state index in [-0.39, 0.29) is 5.92 Å². The van der Waals surface area contributed by atoms with Crippen LogP contribution in [0.2, 0.25) is 0 Å².